The number of nitrogens with zero attached hydrogens (tertiary/aromatic N) is 1. The van der Waals surface area contributed by atoms with Gasteiger partial charge in [-0.25, -0.2) is 17.8 Å². The van der Waals surface area contributed by atoms with Crippen LogP contribution in [0.5, 0.6) is 11.6 Å². The Bertz CT molecular complexity index is 1340. The maximum Gasteiger partial charge on any atom is 0.306 e. The number of carbonyl (C=O) groups is 1. The molecule has 8 nitrogen and oxygen atoms in total. The molecule has 3 rings (SSSR count). The molecule has 0 aliphatic carbocycles. The second-order valence-electron chi connectivity index (χ2n) is 8.88. The van der Waals surface area contributed by atoms with Gasteiger partial charge in [-0.1, -0.05) is 18.2 Å². The van der Waals surface area contributed by atoms with Crippen LogP contribution in [-0.2, 0) is 26.0 Å². The fourth-order valence-corrected chi connectivity index (χ4v) is 4.48. The van der Waals surface area contributed by atoms with Gasteiger partial charge in [0.15, 0.2) is 0 Å². The summed E-state index contributed by atoms with van der Waals surface area (Å²) >= 11 is 0. The van der Waals surface area contributed by atoms with Crippen molar-refractivity contribution in [1.82, 2.24) is 4.98 Å². The predicted octanol–water partition coefficient (Wildman–Crippen LogP) is 5.14. The van der Waals surface area contributed by atoms with Crippen LogP contribution in [0.2, 0.25) is 0 Å². The van der Waals surface area contributed by atoms with E-state index in [-0.39, 0.29) is 25.4 Å². The topological polar surface area (TPSA) is 112 Å². The quantitative estimate of drug-likeness (QED) is 0.277. The molecule has 0 fully saturated rings. The van der Waals surface area contributed by atoms with Crippen molar-refractivity contribution in [2.75, 3.05) is 25.2 Å². The molecule has 0 saturated carbocycles. The molecule has 204 valence electrons. The van der Waals surface area contributed by atoms with E-state index < -0.39 is 27.7 Å². The molecule has 10 heteroatoms. The molecule has 0 amide bonds. The van der Waals surface area contributed by atoms with Crippen molar-refractivity contribution in [3.8, 4) is 22.8 Å². The zero-order valence-electron chi connectivity index (χ0n) is 21.6. The van der Waals surface area contributed by atoms with Gasteiger partial charge in [-0.2, -0.15) is 0 Å². The van der Waals surface area contributed by atoms with Crippen LogP contribution in [0.1, 0.15) is 42.6 Å². The number of halogens is 1. The Kier molecular flexibility index (Phi) is 10.2. The number of rotatable bonds is 14. The van der Waals surface area contributed by atoms with Gasteiger partial charge in [-0.3, -0.25) is 4.79 Å². The van der Waals surface area contributed by atoms with Crippen molar-refractivity contribution in [3.63, 3.8) is 0 Å². The largest absolute Gasteiger partial charge is 0.489 e. The van der Waals surface area contributed by atoms with Crippen molar-refractivity contribution in [1.29, 1.82) is 0 Å². The lowest BCUT2D eigenvalue weighted by Crippen LogP contribution is -2.10. The summed E-state index contributed by atoms with van der Waals surface area (Å²) in [6.07, 6.45) is 2.41. The third-order valence-corrected chi connectivity index (χ3v) is 6.73. The molecule has 2 aromatic carbocycles. The Hall–Kier alpha value is -3.50. The molecular formula is C28H32FNO7S. The SMILES string of the molecule is CCO[C@@H](CC(=O)O)c1ccc(OCc2ccc(F)c(-c3cnc(OCCCS(C)(=O)=O)cc3C)c2)cc1. The number of hydrogen-bond acceptors (Lipinski definition) is 7. The van der Waals surface area contributed by atoms with Crippen LogP contribution in [0.15, 0.2) is 54.7 Å². The first-order valence-electron chi connectivity index (χ1n) is 12.2. The number of hydrogen-bond donors (Lipinski definition) is 1. The summed E-state index contributed by atoms with van der Waals surface area (Å²) in [6.45, 7) is 4.45. The van der Waals surface area contributed by atoms with Gasteiger partial charge in [-0.15, -0.1) is 0 Å². The molecule has 1 N–H and O–H groups in total. The first-order chi connectivity index (χ1) is 18.1. The van der Waals surface area contributed by atoms with Gasteiger partial charge < -0.3 is 19.3 Å². The number of aryl methyl sites for hydroxylation is 1. The van der Waals surface area contributed by atoms with Crippen LogP contribution in [0.25, 0.3) is 11.1 Å². The maximum atomic E-state index is 14.7. The molecule has 0 spiro atoms. The van der Waals surface area contributed by atoms with Gasteiger partial charge in [0, 0.05) is 36.3 Å². The Morgan fingerprint density at radius 2 is 1.82 bits per heavy atom. The van der Waals surface area contributed by atoms with Crippen molar-refractivity contribution >= 4 is 15.8 Å². The number of carboxylic acid groups (broad SMARTS) is 1. The summed E-state index contributed by atoms with van der Waals surface area (Å²) in [7, 11) is -3.05. The molecule has 0 saturated heterocycles. The van der Waals surface area contributed by atoms with E-state index in [2.05, 4.69) is 4.98 Å². The molecule has 1 heterocycles. The standard InChI is InChI=1S/C28H32FNO7S/c1-4-35-26(16-28(31)32)21-7-9-22(10-8-21)37-18-20-6-11-25(29)23(15-20)24-17-30-27(14-19(24)2)36-12-5-13-38(3,33)34/h6-11,14-15,17,26H,4-5,12-13,16,18H2,1-3H3,(H,31,32)/t26-/m0/s1. The second-order valence-corrected chi connectivity index (χ2v) is 11.1. The van der Waals surface area contributed by atoms with Crippen molar-refractivity contribution in [2.45, 2.75) is 39.4 Å². The maximum absolute atomic E-state index is 14.7. The van der Waals surface area contributed by atoms with E-state index in [4.69, 9.17) is 19.3 Å². The van der Waals surface area contributed by atoms with Crippen LogP contribution in [0, 0.1) is 12.7 Å². The third kappa shape index (κ3) is 8.81. The van der Waals surface area contributed by atoms with E-state index in [0.29, 0.717) is 35.8 Å². The summed E-state index contributed by atoms with van der Waals surface area (Å²) in [5.74, 6) is -0.371. The number of aromatic nitrogens is 1. The highest BCUT2D eigenvalue weighted by molar-refractivity contribution is 7.90. The monoisotopic (exact) mass is 545 g/mol. The summed E-state index contributed by atoms with van der Waals surface area (Å²) in [5, 5.41) is 9.10. The number of ether oxygens (including phenoxy) is 3. The first kappa shape index (κ1) is 29.1. The van der Waals surface area contributed by atoms with Crippen molar-refractivity contribution in [3.05, 3.63) is 77.2 Å². The van der Waals surface area contributed by atoms with Crippen LogP contribution in [-0.4, -0.2) is 49.7 Å². The first-order valence-corrected chi connectivity index (χ1v) is 14.2. The van der Waals surface area contributed by atoms with Gasteiger partial charge in [0.25, 0.3) is 0 Å². The predicted molar refractivity (Wildman–Crippen MR) is 142 cm³/mol. The molecular weight excluding hydrogens is 513 g/mol. The van der Waals surface area contributed by atoms with Gasteiger partial charge >= 0.3 is 5.97 Å². The fraction of sp³-hybridized carbons (Fsp3) is 0.357. The number of sulfone groups is 1. The highest BCUT2D eigenvalue weighted by atomic mass is 32.2. The lowest BCUT2D eigenvalue weighted by atomic mass is 10.0. The minimum atomic E-state index is -3.05. The molecule has 0 aliphatic heterocycles. The molecule has 3 aromatic rings. The van der Waals surface area contributed by atoms with E-state index in [1.807, 2.05) is 13.8 Å². The number of carboxylic acids is 1. The van der Waals surface area contributed by atoms with E-state index in [1.54, 1.807) is 42.5 Å². The number of pyridine rings is 1. The van der Waals surface area contributed by atoms with E-state index in [0.717, 1.165) is 16.7 Å². The summed E-state index contributed by atoms with van der Waals surface area (Å²) < 4.78 is 54.1. The Balaban J connectivity index is 1.66. The molecule has 38 heavy (non-hydrogen) atoms. The second kappa shape index (κ2) is 13.3. The zero-order valence-corrected chi connectivity index (χ0v) is 22.5. The van der Waals surface area contributed by atoms with E-state index in [1.165, 1.54) is 18.5 Å². The average Bonchev–Trinajstić information content (AvgIpc) is 2.86. The van der Waals surface area contributed by atoms with Crippen LogP contribution >= 0.6 is 0 Å². The van der Waals surface area contributed by atoms with Crippen molar-refractivity contribution in [2.24, 2.45) is 0 Å². The number of aliphatic carboxylic acids is 1. The zero-order chi connectivity index (χ0) is 27.7. The molecule has 0 radical (unpaired) electrons. The van der Waals surface area contributed by atoms with Gasteiger partial charge in [0.05, 0.1) is 24.9 Å². The molecule has 1 aromatic heterocycles. The van der Waals surface area contributed by atoms with Gasteiger partial charge in [0.1, 0.15) is 28.0 Å². The molecule has 0 unspecified atom stereocenters. The third-order valence-electron chi connectivity index (χ3n) is 5.70. The fourth-order valence-electron chi connectivity index (χ4n) is 3.84. The molecule has 0 aliphatic rings. The van der Waals surface area contributed by atoms with Crippen LogP contribution in [0.4, 0.5) is 4.39 Å². The Morgan fingerprint density at radius 1 is 1.08 bits per heavy atom. The summed E-state index contributed by atoms with van der Waals surface area (Å²) in [6, 6.07) is 13.5. The molecule has 0 bridgehead atoms. The van der Waals surface area contributed by atoms with E-state index >= 15 is 0 Å². The van der Waals surface area contributed by atoms with Crippen LogP contribution in [0.3, 0.4) is 0 Å². The van der Waals surface area contributed by atoms with Gasteiger partial charge in [0.2, 0.25) is 5.88 Å². The lowest BCUT2D eigenvalue weighted by Gasteiger charge is -2.16. The minimum Gasteiger partial charge on any atom is -0.489 e. The summed E-state index contributed by atoms with van der Waals surface area (Å²) in [5.41, 5.74) is 3.25. The highest BCUT2D eigenvalue weighted by Crippen LogP contribution is 2.29. The van der Waals surface area contributed by atoms with Crippen molar-refractivity contribution < 1.29 is 36.9 Å². The Labute approximate surface area is 222 Å². The lowest BCUT2D eigenvalue weighted by molar-refractivity contribution is -0.140. The average molecular weight is 546 g/mol. The smallest absolute Gasteiger partial charge is 0.306 e. The Morgan fingerprint density at radius 3 is 2.45 bits per heavy atom. The molecule has 1 atom stereocenters. The van der Waals surface area contributed by atoms with Crippen LogP contribution < -0.4 is 9.47 Å². The minimum absolute atomic E-state index is 0.0345. The highest BCUT2D eigenvalue weighted by Gasteiger charge is 2.16. The number of benzene rings is 2. The van der Waals surface area contributed by atoms with E-state index in [9.17, 15) is 17.6 Å². The normalized spacial score (nSPS) is 12.2. The summed E-state index contributed by atoms with van der Waals surface area (Å²) in [4.78, 5) is 15.4. The van der Waals surface area contributed by atoms with Gasteiger partial charge in [-0.05, 0) is 61.2 Å².